The molecule has 0 unspecified atom stereocenters. The van der Waals surface area contributed by atoms with Crippen LogP contribution < -0.4 is 0 Å². The van der Waals surface area contributed by atoms with Crippen molar-refractivity contribution in [3.8, 4) is 0 Å². The molecule has 11 heavy (non-hydrogen) atoms. The van der Waals surface area contributed by atoms with E-state index in [2.05, 4.69) is 31.9 Å². The Morgan fingerprint density at radius 1 is 1.36 bits per heavy atom. The Balaban J connectivity index is 3.36. The van der Waals surface area contributed by atoms with Crippen molar-refractivity contribution in [2.75, 3.05) is 0 Å². The van der Waals surface area contributed by atoms with E-state index in [0.717, 1.165) is 10.8 Å². The average Bonchev–Trinajstić information content (AvgIpc) is 2.01. The molecule has 1 aromatic rings. The first-order valence-corrected chi connectivity index (χ1v) is 4.72. The van der Waals surface area contributed by atoms with Crippen molar-refractivity contribution in [2.45, 2.75) is 0 Å². The Morgan fingerprint density at radius 3 is 2.55 bits per heavy atom. The van der Waals surface area contributed by atoms with Crippen molar-refractivity contribution in [1.82, 2.24) is 0 Å². The second kappa shape index (κ2) is 3.70. The van der Waals surface area contributed by atoms with Crippen molar-refractivity contribution in [2.24, 2.45) is 0 Å². The van der Waals surface area contributed by atoms with E-state index in [-0.39, 0.29) is 0 Å². The maximum Gasteiger partial charge on any atom is 0.151 e. The van der Waals surface area contributed by atoms with Gasteiger partial charge in [-0.2, -0.15) is 0 Å². The summed E-state index contributed by atoms with van der Waals surface area (Å²) in [6, 6.07) is 3.42. The van der Waals surface area contributed by atoms with Gasteiger partial charge in [0, 0.05) is 10.0 Å². The lowest BCUT2D eigenvalue weighted by atomic mass is 10.2. The molecule has 58 valence electrons. The molecular formula is C7H3Br2ClO. The minimum Gasteiger partial charge on any atom is -0.298 e. The van der Waals surface area contributed by atoms with Gasteiger partial charge in [-0.25, -0.2) is 0 Å². The summed E-state index contributed by atoms with van der Waals surface area (Å²) in [7, 11) is 0. The molecule has 0 N–H and O–H groups in total. The van der Waals surface area contributed by atoms with Crippen molar-refractivity contribution >= 4 is 49.7 Å². The molecule has 1 nitrogen and oxygen atoms in total. The van der Waals surface area contributed by atoms with Crippen molar-refractivity contribution < 1.29 is 4.79 Å². The first kappa shape index (κ1) is 9.23. The highest BCUT2D eigenvalue weighted by molar-refractivity contribution is 9.13. The first-order valence-electron chi connectivity index (χ1n) is 2.75. The summed E-state index contributed by atoms with van der Waals surface area (Å²) < 4.78 is 1.55. The molecule has 0 aliphatic rings. The fourth-order valence-electron chi connectivity index (χ4n) is 0.632. The maximum atomic E-state index is 10.4. The molecule has 0 saturated heterocycles. The Labute approximate surface area is 86.0 Å². The Kier molecular flexibility index (Phi) is 3.10. The smallest absolute Gasteiger partial charge is 0.151 e. The van der Waals surface area contributed by atoms with Gasteiger partial charge in [0.1, 0.15) is 0 Å². The van der Waals surface area contributed by atoms with Gasteiger partial charge in [0.2, 0.25) is 0 Å². The van der Waals surface area contributed by atoms with Gasteiger partial charge in [0.25, 0.3) is 0 Å². The van der Waals surface area contributed by atoms with Gasteiger partial charge in [-0.15, -0.1) is 0 Å². The number of carbonyl (C=O) groups is 1. The maximum absolute atomic E-state index is 10.4. The number of hydrogen-bond donors (Lipinski definition) is 0. The molecule has 0 aliphatic heterocycles. The van der Waals surface area contributed by atoms with Crippen molar-refractivity contribution in [3.63, 3.8) is 0 Å². The van der Waals surface area contributed by atoms with Crippen LogP contribution in [-0.4, -0.2) is 6.29 Å². The number of carbonyl (C=O) groups excluding carboxylic acids is 1. The molecule has 0 bridgehead atoms. The quantitative estimate of drug-likeness (QED) is 0.571. The standard InChI is InChI=1S/C7H3Br2ClO/c8-5-2-1-4(3-11)7(10)6(5)9/h1-3H. The van der Waals surface area contributed by atoms with E-state index in [4.69, 9.17) is 11.6 Å². The molecule has 0 spiro atoms. The topological polar surface area (TPSA) is 17.1 Å². The molecule has 1 rings (SSSR count). The van der Waals surface area contributed by atoms with Crippen LogP contribution in [0.25, 0.3) is 0 Å². The second-order valence-corrected chi connectivity index (χ2v) is 3.91. The normalized spacial score (nSPS) is 9.73. The highest BCUT2D eigenvalue weighted by atomic mass is 79.9. The fourth-order valence-corrected chi connectivity index (χ4v) is 1.65. The number of aldehydes is 1. The molecular weight excluding hydrogens is 295 g/mol. The fraction of sp³-hybridized carbons (Fsp3) is 0. The van der Waals surface area contributed by atoms with E-state index in [9.17, 15) is 4.79 Å². The number of hydrogen-bond acceptors (Lipinski definition) is 1. The number of benzene rings is 1. The third-order valence-electron chi connectivity index (χ3n) is 1.19. The third-order valence-corrected chi connectivity index (χ3v) is 3.84. The van der Waals surface area contributed by atoms with Gasteiger partial charge in [0.15, 0.2) is 6.29 Å². The minimum atomic E-state index is 0.439. The minimum absolute atomic E-state index is 0.439. The largest absolute Gasteiger partial charge is 0.298 e. The van der Waals surface area contributed by atoms with Crippen LogP contribution >= 0.6 is 43.5 Å². The van der Waals surface area contributed by atoms with Gasteiger partial charge >= 0.3 is 0 Å². The van der Waals surface area contributed by atoms with Gasteiger partial charge in [-0.05, 0) is 44.0 Å². The van der Waals surface area contributed by atoms with Crippen molar-refractivity contribution in [1.29, 1.82) is 0 Å². The SMILES string of the molecule is O=Cc1ccc(Br)c(Br)c1Cl. The molecule has 0 saturated carbocycles. The third kappa shape index (κ3) is 1.83. The van der Waals surface area contributed by atoms with Crippen LogP contribution in [0.2, 0.25) is 5.02 Å². The molecule has 1 aromatic carbocycles. The number of rotatable bonds is 1. The van der Waals surface area contributed by atoms with Crippen LogP contribution in [0.5, 0.6) is 0 Å². The lowest BCUT2D eigenvalue weighted by Gasteiger charge is -2.00. The average molecular weight is 298 g/mol. The Morgan fingerprint density at radius 2 is 2.00 bits per heavy atom. The first-order chi connectivity index (χ1) is 5.16. The second-order valence-electron chi connectivity index (χ2n) is 1.88. The van der Waals surface area contributed by atoms with E-state index in [1.165, 1.54) is 0 Å². The zero-order chi connectivity index (χ0) is 8.43. The molecule has 0 aliphatic carbocycles. The number of halogens is 3. The van der Waals surface area contributed by atoms with E-state index in [1.54, 1.807) is 12.1 Å². The molecule has 0 heterocycles. The zero-order valence-corrected chi connectivity index (χ0v) is 9.20. The Bertz CT molecular complexity index is 299. The summed E-state index contributed by atoms with van der Waals surface area (Å²) in [5, 5.41) is 0.439. The zero-order valence-electron chi connectivity index (χ0n) is 5.27. The molecule has 0 fully saturated rings. The van der Waals surface area contributed by atoms with Gasteiger partial charge in [-0.1, -0.05) is 11.6 Å². The van der Waals surface area contributed by atoms with Gasteiger partial charge in [0.05, 0.1) is 9.50 Å². The summed E-state index contributed by atoms with van der Waals surface area (Å²) in [6.07, 6.45) is 0.722. The van der Waals surface area contributed by atoms with Crippen LogP contribution in [0.3, 0.4) is 0 Å². The van der Waals surface area contributed by atoms with Crippen molar-refractivity contribution in [3.05, 3.63) is 31.7 Å². The van der Waals surface area contributed by atoms with Crippen LogP contribution in [0.4, 0.5) is 0 Å². The van der Waals surface area contributed by atoms with E-state index in [1.807, 2.05) is 0 Å². The summed E-state index contributed by atoms with van der Waals surface area (Å²) in [6.45, 7) is 0. The van der Waals surface area contributed by atoms with E-state index >= 15 is 0 Å². The lowest BCUT2D eigenvalue weighted by Crippen LogP contribution is -1.82. The summed E-state index contributed by atoms with van der Waals surface area (Å²) in [4.78, 5) is 10.4. The van der Waals surface area contributed by atoms with Crippen LogP contribution in [0.1, 0.15) is 10.4 Å². The monoisotopic (exact) mass is 296 g/mol. The molecule has 0 radical (unpaired) electrons. The highest BCUT2D eigenvalue weighted by Crippen LogP contribution is 2.32. The highest BCUT2D eigenvalue weighted by Gasteiger charge is 2.05. The summed E-state index contributed by atoms with van der Waals surface area (Å²) in [5.74, 6) is 0. The molecule has 0 aromatic heterocycles. The Hall–Kier alpha value is 0.140. The molecule has 4 heteroatoms. The predicted octanol–water partition coefficient (Wildman–Crippen LogP) is 3.68. The van der Waals surface area contributed by atoms with Gasteiger partial charge in [-0.3, -0.25) is 4.79 Å². The van der Waals surface area contributed by atoms with Crippen LogP contribution in [0.15, 0.2) is 21.1 Å². The predicted molar refractivity (Wildman–Crippen MR) is 52.2 cm³/mol. The summed E-state index contributed by atoms with van der Waals surface area (Å²) in [5.41, 5.74) is 0.488. The van der Waals surface area contributed by atoms with E-state index in [0.29, 0.717) is 15.1 Å². The molecule has 0 amide bonds. The summed E-state index contributed by atoms with van der Waals surface area (Å²) >= 11 is 12.3. The van der Waals surface area contributed by atoms with E-state index < -0.39 is 0 Å². The van der Waals surface area contributed by atoms with Gasteiger partial charge < -0.3 is 0 Å². The lowest BCUT2D eigenvalue weighted by molar-refractivity contribution is 0.112. The molecule has 0 atom stereocenters. The van der Waals surface area contributed by atoms with Crippen LogP contribution in [0, 0.1) is 0 Å². The van der Waals surface area contributed by atoms with Crippen LogP contribution in [-0.2, 0) is 0 Å².